The number of nitrogens with one attached hydrogen (secondary N) is 1. The quantitative estimate of drug-likeness (QED) is 0.612. The number of hydrogen-bond acceptors (Lipinski definition) is 3. The Labute approximate surface area is 195 Å². The number of carbonyl (C=O) groups excluding carboxylic acids is 1. The maximum absolute atomic E-state index is 13.7. The van der Waals surface area contributed by atoms with Gasteiger partial charge in [0.05, 0.1) is 6.61 Å². The van der Waals surface area contributed by atoms with Crippen LogP contribution in [0.2, 0.25) is 0 Å². The lowest BCUT2D eigenvalue weighted by molar-refractivity contribution is -0.140. The maximum Gasteiger partial charge on any atom is 0.226 e. The molecule has 4 nitrogen and oxygen atoms in total. The van der Waals surface area contributed by atoms with Gasteiger partial charge in [0.1, 0.15) is 0 Å². The number of rotatable bonds is 7. The zero-order chi connectivity index (χ0) is 22.8. The Kier molecular flexibility index (Phi) is 7.03. The summed E-state index contributed by atoms with van der Waals surface area (Å²) in [7, 11) is 0. The molecule has 2 bridgehead atoms. The van der Waals surface area contributed by atoms with Crippen LogP contribution in [0.25, 0.3) is 0 Å². The van der Waals surface area contributed by atoms with Gasteiger partial charge in [-0.1, -0.05) is 44.2 Å². The van der Waals surface area contributed by atoms with Crippen molar-refractivity contribution in [1.29, 1.82) is 0 Å². The van der Waals surface area contributed by atoms with Gasteiger partial charge in [-0.05, 0) is 99.5 Å². The Morgan fingerprint density at radius 1 is 1.06 bits per heavy atom. The summed E-state index contributed by atoms with van der Waals surface area (Å²) in [5.41, 5.74) is 7.20. The molecule has 178 valence electrons. The molecule has 3 unspecified atom stereocenters. The molecule has 3 saturated carbocycles. The molecule has 0 saturated heterocycles. The molecule has 1 aromatic rings. The number of nitrogens with two attached hydrogens (primary N) is 1. The highest BCUT2D eigenvalue weighted by atomic mass is 16.5. The Hall–Kier alpha value is -1.39. The van der Waals surface area contributed by atoms with Gasteiger partial charge in [-0.2, -0.15) is 0 Å². The summed E-state index contributed by atoms with van der Waals surface area (Å²) >= 11 is 0. The van der Waals surface area contributed by atoms with Gasteiger partial charge in [0.25, 0.3) is 0 Å². The van der Waals surface area contributed by atoms with E-state index in [0.29, 0.717) is 17.9 Å². The summed E-state index contributed by atoms with van der Waals surface area (Å²) in [6, 6.07) is 11.3. The number of carbonyl (C=O) groups is 1. The van der Waals surface area contributed by atoms with Crippen LogP contribution in [0, 0.1) is 22.7 Å². The van der Waals surface area contributed by atoms with E-state index < -0.39 is 0 Å². The van der Waals surface area contributed by atoms with Crippen molar-refractivity contribution in [1.82, 2.24) is 5.32 Å². The monoisotopic (exact) mass is 440 g/mol. The highest BCUT2D eigenvalue weighted by molar-refractivity contribution is 5.83. The molecule has 0 heterocycles. The van der Waals surface area contributed by atoms with E-state index in [1.54, 1.807) is 0 Å². The Balaban J connectivity index is 1.55. The van der Waals surface area contributed by atoms with Crippen molar-refractivity contribution in [2.45, 2.75) is 90.0 Å². The molecular formula is C28H44N2O2. The fourth-order valence-electron chi connectivity index (χ4n) is 7.67. The van der Waals surface area contributed by atoms with Crippen LogP contribution in [0.5, 0.6) is 0 Å². The van der Waals surface area contributed by atoms with Crippen LogP contribution < -0.4 is 11.1 Å². The summed E-state index contributed by atoms with van der Waals surface area (Å²) in [5, 5.41) is 3.48. The molecule has 3 N–H and O–H groups in total. The number of hydrogen-bond donors (Lipinski definition) is 2. The molecule has 3 aliphatic carbocycles. The first-order valence-electron chi connectivity index (χ1n) is 12.9. The molecule has 0 aromatic heterocycles. The second-order valence-corrected chi connectivity index (χ2v) is 11.9. The van der Waals surface area contributed by atoms with E-state index in [1.807, 2.05) is 0 Å². The Morgan fingerprint density at radius 2 is 1.78 bits per heavy atom. The first-order valence-corrected chi connectivity index (χ1v) is 12.9. The van der Waals surface area contributed by atoms with Crippen molar-refractivity contribution in [3.63, 3.8) is 0 Å². The number of amides is 1. The van der Waals surface area contributed by atoms with Gasteiger partial charge in [-0.3, -0.25) is 4.79 Å². The lowest BCUT2D eigenvalue weighted by Crippen LogP contribution is -2.56. The topological polar surface area (TPSA) is 64.3 Å². The predicted molar refractivity (Wildman–Crippen MR) is 130 cm³/mol. The van der Waals surface area contributed by atoms with E-state index in [9.17, 15) is 4.79 Å². The molecule has 0 radical (unpaired) electrons. The molecular weight excluding hydrogens is 396 g/mol. The Morgan fingerprint density at radius 3 is 2.44 bits per heavy atom. The van der Waals surface area contributed by atoms with Gasteiger partial charge in [0, 0.05) is 18.1 Å². The van der Waals surface area contributed by atoms with Crippen molar-refractivity contribution >= 4 is 5.91 Å². The van der Waals surface area contributed by atoms with E-state index in [-0.39, 0.29) is 22.2 Å². The van der Waals surface area contributed by atoms with Gasteiger partial charge >= 0.3 is 0 Å². The third kappa shape index (κ3) is 4.92. The molecule has 0 spiro atoms. The van der Waals surface area contributed by atoms with E-state index in [4.69, 9.17) is 10.5 Å². The minimum atomic E-state index is -0.309. The molecule has 32 heavy (non-hydrogen) atoms. The van der Waals surface area contributed by atoms with E-state index in [1.165, 1.54) is 12.0 Å². The predicted octanol–water partition coefficient (Wildman–Crippen LogP) is 5.20. The van der Waals surface area contributed by atoms with Crippen molar-refractivity contribution in [2.24, 2.45) is 28.4 Å². The highest BCUT2D eigenvalue weighted by Crippen LogP contribution is 2.61. The Bertz CT molecular complexity index is 775. The van der Waals surface area contributed by atoms with Gasteiger partial charge in [0.15, 0.2) is 0 Å². The summed E-state index contributed by atoms with van der Waals surface area (Å²) in [6.45, 7) is 9.10. The van der Waals surface area contributed by atoms with Crippen molar-refractivity contribution in [3.8, 4) is 0 Å². The van der Waals surface area contributed by atoms with Crippen molar-refractivity contribution in [2.75, 3.05) is 19.8 Å². The maximum atomic E-state index is 13.7. The van der Waals surface area contributed by atoms with Gasteiger partial charge in [-0.15, -0.1) is 0 Å². The highest BCUT2D eigenvalue weighted by Gasteiger charge is 2.56. The lowest BCUT2D eigenvalue weighted by atomic mass is 9.47. The largest absolute Gasteiger partial charge is 0.381 e. The molecule has 0 aliphatic heterocycles. The third-order valence-corrected chi connectivity index (χ3v) is 8.80. The fraction of sp³-hybridized carbons (Fsp3) is 0.750. The van der Waals surface area contributed by atoms with Crippen molar-refractivity contribution in [3.05, 3.63) is 35.9 Å². The normalized spacial score (nSPS) is 39.4. The lowest BCUT2D eigenvalue weighted by Gasteiger charge is -2.57. The molecule has 4 atom stereocenters. The van der Waals surface area contributed by atoms with Crippen LogP contribution >= 0.6 is 0 Å². The van der Waals surface area contributed by atoms with Crippen LogP contribution in [0.3, 0.4) is 0 Å². The van der Waals surface area contributed by atoms with Crippen LogP contribution in [-0.2, 0) is 14.9 Å². The third-order valence-electron chi connectivity index (χ3n) is 8.80. The van der Waals surface area contributed by atoms with Gasteiger partial charge in [0.2, 0.25) is 5.91 Å². The molecule has 1 aromatic carbocycles. The minimum Gasteiger partial charge on any atom is -0.381 e. The van der Waals surface area contributed by atoms with Crippen LogP contribution in [0.1, 0.15) is 84.1 Å². The summed E-state index contributed by atoms with van der Waals surface area (Å²) in [5.74, 6) is 1.48. The zero-order valence-electron chi connectivity index (χ0n) is 20.5. The standard InChI is InChI=1S/C28H44N2O2/c1-4-32-20-26(2)14-22-15-27(3,25(31)30-24-12-10-21(17-29)11-13-24)19-28(16-22,18-26)23-8-6-5-7-9-23/h5-9,21-22,24H,4,10-20,29H2,1-3H3,(H,30,31)/t21?,22?,24?,26-,27?,28?/m0/s1. The van der Waals surface area contributed by atoms with E-state index in [0.717, 1.165) is 71.1 Å². The molecule has 4 heteroatoms. The smallest absolute Gasteiger partial charge is 0.226 e. The SMILES string of the molecule is CCOC[C@@]1(C)CC2CC(C)(C(=O)NC3CCC(CN)CC3)CC(c3ccccc3)(C2)C1. The summed E-state index contributed by atoms with van der Waals surface area (Å²) in [6.07, 6.45) is 9.82. The van der Waals surface area contributed by atoms with Gasteiger partial charge < -0.3 is 15.8 Å². The van der Waals surface area contributed by atoms with Crippen LogP contribution in [-0.4, -0.2) is 31.7 Å². The second-order valence-electron chi connectivity index (χ2n) is 11.9. The zero-order valence-corrected chi connectivity index (χ0v) is 20.5. The fourth-order valence-corrected chi connectivity index (χ4v) is 7.67. The summed E-state index contributed by atoms with van der Waals surface area (Å²) < 4.78 is 5.95. The van der Waals surface area contributed by atoms with Crippen LogP contribution in [0.15, 0.2) is 30.3 Å². The first-order chi connectivity index (χ1) is 15.3. The molecule has 3 fully saturated rings. The summed E-state index contributed by atoms with van der Waals surface area (Å²) in [4.78, 5) is 13.7. The minimum absolute atomic E-state index is 0.0532. The van der Waals surface area contributed by atoms with E-state index >= 15 is 0 Å². The average molecular weight is 441 g/mol. The molecule has 4 rings (SSSR count). The second kappa shape index (κ2) is 9.46. The number of ether oxygens (including phenoxy) is 1. The molecule has 3 aliphatic rings. The van der Waals surface area contributed by atoms with Crippen molar-refractivity contribution < 1.29 is 9.53 Å². The first kappa shape index (κ1) is 23.8. The molecule has 1 amide bonds. The van der Waals surface area contributed by atoms with E-state index in [2.05, 4.69) is 56.4 Å². The van der Waals surface area contributed by atoms with Gasteiger partial charge in [-0.25, -0.2) is 0 Å². The number of fused-ring (bicyclic) bond motifs is 2. The van der Waals surface area contributed by atoms with Crippen LogP contribution in [0.4, 0.5) is 0 Å². The number of benzene rings is 1. The average Bonchev–Trinajstić information content (AvgIpc) is 2.78.